The first-order valence-corrected chi connectivity index (χ1v) is 26.2. The van der Waals surface area contributed by atoms with Crippen LogP contribution < -0.4 is 0 Å². The van der Waals surface area contributed by atoms with E-state index in [1.807, 2.05) is 42.5 Å². The molecule has 2 aliphatic heterocycles. The molecule has 7 rings (SSSR count). The van der Waals surface area contributed by atoms with Gasteiger partial charge in [-0.2, -0.15) is 21.4 Å². The van der Waals surface area contributed by atoms with E-state index in [0.717, 1.165) is 40.8 Å². The molecule has 2 N–H and O–H groups in total. The van der Waals surface area contributed by atoms with Crippen molar-refractivity contribution in [2.45, 2.75) is 109 Å². The minimum atomic E-state index is -4.38. The Balaban J connectivity index is 0.000000500. The molecule has 0 saturated carbocycles. The molecule has 0 amide bonds. The fourth-order valence-corrected chi connectivity index (χ4v) is 8.23. The second-order valence-electron chi connectivity index (χ2n) is 17.0. The van der Waals surface area contributed by atoms with Gasteiger partial charge >= 0.3 is 43.6 Å². The minimum absolute atomic E-state index is 0. The van der Waals surface area contributed by atoms with Crippen LogP contribution >= 0.6 is 23.2 Å². The van der Waals surface area contributed by atoms with Crippen molar-refractivity contribution in [3.8, 4) is 0 Å². The molecule has 0 saturated heterocycles. The maximum absolute atomic E-state index is 10.9. The summed E-state index contributed by atoms with van der Waals surface area (Å²) in [5.74, 6) is 1.87. The Morgan fingerprint density at radius 1 is 0.761 bits per heavy atom. The van der Waals surface area contributed by atoms with Crippen molar-refractivity contribution in [2.24, 2.45) is 11.3 Å². The molecule has 2 heterocycles. The molecule has 0 unspecified atom stereocenters. The maximum Gasteiger partial charge on any atom is 2.00 e. The summed E-state index contributed by atoms with van der Waals surface area (Å²) < 4.78 is 97.3. The number of ether oxygens (including phenoxy) is 1. The van der Waals surface area contributed by atoms with E-state index < -0.39 is 40.9 Å². The Hall–Kier alpha value is -2.86. The van der Waals surface area contributed by atoms with Crippen molar-refractivity contribution in [2.75, 3.05) is 6.61 Å². The number of nitrogens with zero attached hydrogens (tertiary/aromatic N) is 1. The SMILES string of the molecule is C.C=CC[C@@]1(C)C[C@H](c2cccc(Cl)c2)[C@@H](c2ccc(Cl)cc2)[N+]2=C1OC[C@@H]2C(C)C.CC(C)S(=O)(=O)O.CC(C)S(=O)(=O)O.Cc1ccccc1.O=S(=O)([O-])c1cccc2ccccc12.[Ca+2]. The molecule has 4 atom stereocenters. The summed E-state index contributed by atoms with van der Waals surface area (Å²) >= 11 is 12.7. The zero-order valence-corrected chi connectivity index (χ0v) is 44.9. The Labute approximate surface area is 439 Å². The van der Waals surface area contributed by atoms with E-state index >= 15 is 0 Å². The van der Waals surface area contributed by atoms with E-state index in [0.29, 0.717) is 17.3 Å². The zero-order chi connectivity index (χ0) is 48.9. The standard InChI is InChI=1S/C26H30Cl2NO.C10H8O3S.C7H8.2C3H8O3S.CH4.Ca/c1-5-13-26(4)15-22(19-7-6-8-21(28)14-19)24(18-9-11-20(27)12-10-18)29-23(17(2)3)16-30-25(26)29;11-14(12,13)10-7-3-5-8-4-1-2-6-9(8)10;1-7-5-3-2-4-6-7;2*1-3(2)7(4,5)6;;/h5-12,14,17,22-24H,1,13,15-16H2,2-4H3;1-7H,(H,11,12,13);2-6H,1H3;2*3H,1-2H3,(H,4,5,6);1H4;/q+1;;;;;;+2/p-1/t22-,23-,24-,26+;;;;;;/m1....../s1. The molecule has 0 bridgehead atoms. The van der Waals surface area contributed by atoms with Gasteiger partial charge in [0, 0.05) is 21.5 Å². The van der Waals surface area contributed by atoms with Crippen LogP contribution in [0.4, 0.5) is 0 Å². The molecular formula is C50H65CaCl2NO10S3+2. The predicted octanol–water partition coefficient (Wildman–Crippen LogP) is 11.8. The second kappa shape index (κ2) is 27.5. The quantitative estimate of drug-likeness (QED) is 0.0658. The molecule has 362 valence electrons. The van der Waals surface area contributed by atoms with Crippen LogP contribution in [-0.4, -0.2) is 110 Å². The van der Waals surface area contributed by atoms with Crippen molar-refractivity contribution in [3.05, 3.63) is 161 Å². The second-order valence-corrected chi connectivity index (χ2v) is 23.1. The summed E-state index contributed by atoms with van der Waals surface area (Å²) in [5.41, 5.74) is 3.76. The van der Waals surface area contributed by atoms with Gasteiger partial charge in [0.05, 0.1) is 26.7 Å². The summed E-state index contributed by atoms with van der Waals surface area (Å²) in [7, 11) is -11.9. The molecule has 2 aliphatic rings. The van der Waals surface area contributed by atoms with Gasteiger partial charge in [0.25, 0.3) is 20.2 Å². The van der Waals surface area contributed by atoms with Crippen LogP contribution in [0.5, 0.6) is 0 Å². The van der Waals surface area contributed by atoms with Gasteiger partial charge in [-0.25, -0.2) is 8.42 Å². The van der Waals surface area contributed by atoms with Gasteiger partial charge in [0.1, 0.15) is 10.1 Å². The zero-order valence-electron chi connectivity index (χ0n) is 38.7. The van der Waals surface area contributed by atoms with Crippen LogP contribution in [0.3, 0.4) is 0 Å². The van der Waals surface area contributed by atoms with E-state index in [1.165, 1.54) is 50.5 Å². The van der Waals surface area contributed by atoms with Crippen LogP contribution in [0.2, 0.25) is 10.0 Å². The summed E-state index contributed by atoms with van der Waals surface area (Å²) in [6.45, 7) is 19.4. The summed E-state index contributed by atoms with van der Waals surface area (Å²) in [6.07, 6.45) is 3.88. The maximum atomic E-state index is 10.9. The Kier molecular flexibility index (Phi) is 25.5. The van der Waals surface area contributed by atoms with Gasteiger partial charge in [-0.15, -0.1) is 6.58 Å². The van der Waals surface area contributed by atoms with Gasteiger partial charge in [0.15, 0.2) is 18.7 Å². The van der Waals surface area contributed by atoms with Crippen molar-refractivity contribution < 1.29 is 48.2 Å². The third kappa shape index (κ3) is 18.8. The number of allylic oxidation sites excluding steroid dienone is 1. The molecule has 67 heavy (non-hydrogen) atoms. The van der Waals surface area contributed by atoms with E-state index in [4.69, 9.17) is 37.0 Å². The molecule has 0 radical (unpaired) electrons. The summed E-state index contributed by atoms with van der Waals surface area (Å²) in [6, 6.07) is 38.9. The Bertz CT molecular complexity index is 2680. The number of hydrogen-bond acceptors (Lipinski definition) is 8. The molecular weight excluding hydrogens is 982 g/mol. The van der Waals surface area contributed by atoms with Crippen molar-refractivity contribution in [3.63, 3.8) is 0 Å². The molecule has 17 heteroatoms. The average Bonchev–Trinajstić information content (AvgIpc) is 3.68. The first-order chi connectivity index (χ1) is 30.2. The minimum Gasteiger partial charge on any atom is -0.744 e. The van der Waals surface area contributed by atoms with Gasteiger partial charge in [-0.3, -0.25) is 9.11 Å². The van der Waals surface area contributed by atoms with Crippen LogP contribution in [0.15, 0.2) is 139 Å². The predicted molar refractivity (Wildman–Crippen MR) is 275 cm³/mol. The first-order valence-electron chi connectivity index (χ1n) is 21.0. The molecule has 5 aromatic carbocycles. The molecule has 0 fully saturated rings. The molecule has 0 aliphatic carbocycles. The van der Waals surface area contributed by atoms with E-state index in [9.17, 15) is 29.8 Å². The van der Waals surface area contributed by atoms with Crippen LogP contribution in [0.25, 0.3) is 10.8 Å². The average molecular weight is 1050 g/mol. The van der Waals surface area contributed by atoms with Crippen molar-refractivity contribution >= 4 is 108 Å². The fraction of sp³-hybridized carbons (Fsp3) is 0.380. The van der Waals surface area contributed by atoms with Crippen LogP contribution in [0.1, 0.15) is 97.4 Å². The molecule has 11 nitrogen and oxygen atoms in total. The number of hydrogen-bond donors (Lipinski definition) is 2. The number of fused-ring (bicyclic) bond motifs is 1. The van der Waals surface area contributed by atoms with E-state index in [2.05, 4.69) is 81.3 Å². The van der Waals surface area contributed by atoms with Crippen LogP contribution in [-0.2, 0) is 35.1 Å². The number of halogens is 2. The third-order valence-corrected chi connectivity index (χ3v) is 14.6. The Morgan fingerprint density at radius 2 is 1.27 bits per heavy atom. The van der Waals surface area contributed by atoms with Gasteiger partial charge in [-0.05, 0) is 101 Å². The monoisotopic (exact) mass is 1050 g/mol. The number of benzene rings is 5. The van der Waals surface area contributed by atoms with E-state index in [-0.39, 0.29) is 67.4 Å². The fourth-order valence-electron chi connectivity index (χ4n) is 7.21. The van der Waals surface area contributed by atoms with Gasteiger partial charge in [-0.1, -0.05) is 147 Å². The topological polar surface area (TPSA) is 178 Å². The van der Waals surface area contributed by atoms with Crippen molar-refractivity contribution in [1.29, 1.82) is 0 Å². The normalized spacial score (nSPS) is 18.7. The summed E-state index contributed by atoms with van der Waals surface area (Å²) in [5, 5.41) is 1.42. The number of rotatable bonds is 8. The summed E-state index contributed by atoms with van der Waals surface area (Å²) in [4.78, 5) is -0.157. The van der Waals surface area contributed by atoms with Gasteiger partial charge < -0.3 is 9.29 Å². The number of aryl methyl sites for hydroxylation is 1. The third-order valence-electron chi connectivity index (χ3n) is 10.9. The van der Waals surface area contributed by atoms with Crippen LogP contribution in [0, 0.1) is 18.3 Å². The molecule has 0 aromatic heterocycles. The largest absolute Gasteiger partial charge is 2.00 e. The molecule has 0 spiro atoms. The first kappa shape index (κ1) is 62.2. The van der Waals surface area contributed by atoms with Gasteiger partial charge in [0.2, 0.25) is 0 Å². The Morgan fingerprint density at radius 3 is 1.73 bits per heavy atom. The van der Waals surface area contributed by atoms with E-state index in [1.54, 1.807) is 36.4 Å². The molecule has 5 aromatic rings. The smallest absolute Gasteiger partial charge is 0.744 e. The van der Waals surface area contributed by atoms with Crippen molar-refractivity contribution in [1.82, 2.24) is 0 Å².